The van der Waals surface area contributed by atoms with E-state index in [1.54, 1.807) is 18.2 Å². The number of amides is 1. The molecule has 23 heavy (non-hydrogen) atoms. The van der Waals surface area contributed by atoms with Crippen molar-refractivity contribution in [2.24, 2.45) is 0 Å². The number of benzene rings is 2. The predicted octanol–water partition coefficient (Wildman–Crippen LogP) is 2.45. The number of hydrogen-bond donors (Lipinski definition) is 3. The molecule has 0 saturated heterocycles. The molecule has 0 bridgehead atoms. The molecular formula is C17H18FN3OS. The van der Waals surface area contributed by atoms with Gasteiger partial charge < -0.3 is 5.32 Å². The molecule has 2 aromatic carbocycles. The highest BCUT2D eigenvalue weighted by Gasteiger charge is 2.06. The molecule has 0 unspecified atom stereocenters. The van der Waals surface area contributed by atoms with E-state index < -0.39 is 0 Å². The molecule has 0 aliphatic heterocycles. The molecule has 0 aliphatic carbocycles. The van der Waals surface area contributed by atoms with Crippen LogP contribution in [0, 0.1) is 5.82 Å². The number of thiocarbonyl (C=S) groups is 1. The topological polar surface area (TPSA) is 53.2 Å². The van der Waals surface area contributed by atoms with Crippen molar-refractivity contribution in [1.82, 2.24) is 16.2 Å². The molecule has 0 atom stereocenters. The van der Waals surface area contributed by atoms with E-state index in [0.717, 1.165) is 5.56 Å². The van der Waals surface area contributed by atoms with Crippen LogP contribution in [0.2, 0.25) is 0 Å². The highest BCUT2D eigenvalue weighted by molar-refractivity contribution is 7.80. The molecule has 0 spiro atoms. The zero-order valence-corrected chi connectivity index (χ0v) is 13.3. The Hall–Kier alpha value is -2.47. The second-order valence-electron chi connectivity index (χ2n) is 4.93. The van der Waals surface area contributed by atoms with E-state index in [9.17, 15) is 9.18 Å². The van der Waals surface area contributed by atoms with E-state index >= 15 is 0 Å². The van der Waals surface area contributed by atoms with Gasteiger partial charge in [0.25, 0.3) is 0 Å². The van der Waals surface area contributed by atoms with E-state index in [4.69, 9.17) is 12.2 Å². The van der Waals surface area contributed by atoms with Crippen LogP contribution in [0.15, 0.2) is 54.6 Å². The predicted molar refractivity (Wildman–Crippen MR) is 91.9 cm³/mol. The van der Waals surface area contributed by atoms with Crippen molar-refractivity contribution in [2.45, 2.75) is 19.4 Å². The summed E-state index contributed by atoms with van der Waals surface area (Å²) in [6.07, 6.45) is 0.514. The number of carbonyl (C=O) groups excluding carboxylic acids is 1. The molecule has 0 aromatic heterocycles. The van der Waals surface area contributed by atoms with Crippen molar-refractivity contribution in [3.8, 4) is 0 Å². The summed E-state index contributed by atoms with van der Waals surface area (Å²) in [5.41, 5.74) is 6.73. The number of aryl methyl sites for hydroxylation is 1. The van der Waals surface area contributed by atoms with Crippen molar-refractivity contribution < 1.29 is 9.18 Å². The summed E-state index contributed by atoms with van der Waals surface area (Å²) in [6.45, 7) is 0.567. The van der Waals surface area contributed by atoms with Crippen LogP contribution in [0.5, 0.6) is 0 Å². The van der Waals surface area contributed by atoms with Crippen molar-refractivity contribution in [2.75, 3.05) is 0 Å². The Balaban J connectivity index is 1.66. The molecule has 3 N–H and O–H groups in total. The molecule has 6 heteroatoms. The Morgan fingerprint density at radius 3 is 2.43 bits per heavy atom. The van der Waals surface area contributed by atoms with Crippen LogP contribution in [-0.2, 0) is 17.8 Å². The van der Waals surface area contributed by atoms with Crippen molar-refractivity contribution in [3.63, 3.8) is 0 Å². The molecule has 0 fully saturated rings. The molecule has 1 amide bonds. The molecule has 4 nitrogen and oxygen atoms in total. The van der Waals surface area contributed by atoms with E-state index in [1.165, 1.54) is 6.07 Å². The fourth-order valence-electron chi connectivity index (χ4n) is 1.96. The largest absolute Gasteiger partial charge is 0.357 e. The molecule has 0 aliphatic rings. The first kappa shape index (κ1) is 16.9. The van der Waals surface area contributed by atoms with E-state index in [0.29, 0.717) is 23.6 Å². The molecule has 0 heterocycles. The van der Waals surface area contributed by atoms with Gasteiger partial charge in [-0.15, -0.1) is 0 Å². The summed E-state index contributed by atoms with van der Waals surface area (Å²) >= 11 is 5.07. The molecular weight excluding hydrogens is 313 g/mol. The number of halogens is 1. The third kappa shape index (κ3) is 6.04. The van der Waals surface area contributed by atoms with Crippen LogP contribution >= 0.6 is 12.2 Å². The lowest BCUT2D eigenvalue weighted by atomic mass is 10.1. The summed E-state index contributed by atoms with van der Waals surface area (Å²) in [4.78, 5) is 11.7. The maximum absolute atomic E-state index is 13.4. The third-order valence-corrected chi connectivity index (χ3v) is 3.44. The smallest absolute Gasteiger partial charge is 0.238 e. The summed E-state index contributed by atoms with van der Waals surface area (Å²) in [5, 5.41) is 3.31. The molecule has 0 radical (unpaired) electrons. The molecule has 120 valence electrons. The Morgan fingerprint density at radius 1 is 1.00 bits per heavy atom. The first-order chi connectivity index (χ1) is 11.1. The fourth-order valence-corrected chi connectivity index (χ4v) is 2.08. The second kappa shape index (κ2) is 8.85. The van der Waals surface area contributed by atoms with Crippen LogP contribution < -0.4 is 16.2 Å². The highest BCUT2D eigenvalue weighted by atomic mass is 32.1. The van der Waals surface area contributed by atoms with Crippen LogP contribution in [0.4, 0.5) is 4.39 Å². The minimum Gasteiger partial charge on any atom is -0.357 e. The lowest BCUT2D eigenvalue weighted by Crippen LogP contribution is -2.46. The fraction of sp³-hybridized carbons (Fsp3) is 0.176. The number of hydrogen-bond acceptors (Lipinski definition) is 2. The Kier molecular flexibility index (Phi) is 6.50. The molecule has 2 aromatic rings. The SMILES string of the molecule is O=C(CCc1ccccc1F)NNC(=S)NCc1ccccc1. The molecule has 0 saturated carbocycles. The number of carbonyl (C=O) groups is 1. The summed E-state index contributed by atoms with van der Waals surface area (Å²) in [5.74, 6) is -0.551. The normalized spacial score (nSPS) is 9.96. The lowest BCUT2D eigenvalue weighted by Gasteiger charge is -2.11. The van der Waals surface area contributed by atoms with Gasteiger partial charge in [-0.2, -0.15) is 0 Å². The zero-order chi connectivity index (χ0) is 16.5. The van der Waals surface area contributed by atoms with Gasteiger partial charge in [-0.05, 0) is 35.8 Å². The lowest BCUT2D eigenvalue weighted by molar-refractivity contribution is -0.121. The maximum Gasteiger partial charge on any atom is 0.238 e. The third-order valence-electron chi connectivity index (χ3n) is 3.19. The molecule has 2 rings (SSSR count). The summed E-state index contributed by atoms with van der Waals surface area (Å²) < 4.78 is 13.4. The first-order valence-corrected chi connectivity index (χ1v) is 7.66. The number of hydrazine groups is 1. The van der Waals surface area contributed by atoms with Gasteiger partial charge in [0.2, 0.25) is 5.91 Å². The number of nitrogens with one attached hydrogen (secondary N) is 3. The van der Waals surface area contributed by atoms with Crippen molar-refractivity contribution in [1.29, 1.82) is 0 Å². The van der Waals surface area contributed by atoms with Gasteiger partial charge in [0, 0.05) is 13.0 Å². The van der Waals surface area contributed by atoms with Crippen LogP contribution in [0.1, 0.15) is 17.5 Å². The van der Waals surface area contributed by atoms with Crippen LogP contribution in [-0.4, -0.2) is 11.0 Å². The second-order valence-corrected chi connectivity index (χ2v) is 5.34. The van der Waals surface area contributed by atoms with E-state index in [2.05, 4.69) is 16.2 Å². The average Bonchev–Trinajstić information content (AvgIpc) is 2.58. The maximum atomic E-state index is 13.4. The van der Waals surface area contributed by atoms with Gasteiger partial charge in [-0.1, -0.05) is 48.5 Å². The Bertz CT molecular complexity index is 664. The van der Waals surface area contributed by atoms with Gasteiger partial charge >= 0.3 is 0 Å². The standard InChI is InChI=1S/C17H18FN3OS/c18-15-9-5-4-8-14(15)10-11-16(22)20-21-17(23)19-12-13-6-2-1-3-7-13/h1-9H,10-12H2,(H,20,22)(H2,19,21,23). The Labute approximate surface area is 140 Å². The summed E-state index contributed by atoms with van der Waals surface area (Å²) in [6, 6.07) is 16.2. The van der Waals surface area contributed by atoms with E-state index in [-0.39, 0.29) is 18.1 Å². The average molecular weight is 331 g/mol. The van der Waals surface area contributed by atoms with Crippen LogP contribution in [0.3, 0.4) is 0 Å². The van der Waals surface area contributed by atoms with Gasteiger partial charge in [0.05, 0.1) is 0 Å². The minimum absolute atomic E-state index is 0.176. The highest BCUT2D eigenvalue weighted by Crippen LogP contribution is 2.08. The van der Waals surface area contributed by atoms with Gasteiger partial charge in [-0.25, -0.2) is 4.39 Å². The quantitative estimate of drug-likeness (QED) is 0.582. The minimum atomic E-state index is -0.298. The van der Waals surface area contributed by atoms with E-state index in [1.807, 2.05) is 30.3 Å². The van der Waals surface area contributed by atoms with Crippen LogP contribution in [0.25, 0.3) is 0 Å². The first-order valence-electron chi connectivity index (χ1n) is 7.25. The Morgan fingerprint density at radius 2 is 1.70 bits per heavy atom. The van der Waals surface area contributed by atoms with Crippen molar-refractivity contribution in [3.05, 3.63) is 71.5 Å². The zero-order valence-electron chi connectivity index (χ0n) is 12.5. The van der Waals surface area contributed by atoms with Gasteiger partial charge in [0.15, 0.2) is 5.11 Å². The summed E-state index contributed by atoms with van der Waals surface area (Å²) in [7, 11) is 0. The van der Waals surface area contributed by atoms with Gasteiger partial charge in [0.1, 0.15) is 5.82 Å². The van der Waals surface area contributed by atoms with Gasteiger partial charge in [-0.3, -0.25) is 15.6 Å². The monoisotopic (exact) mass is 331 g/mol. The van der Waals surface area contributed by atoms with Crippen molar-refractivity contribution >= 4 is 23.2 Å². The number of rotatable bonds is 5.